The Morgan fingerprint density at radius 1 is 0.800 bits per heavy atom. The number of quaternary nitrogens is 1. The number of piperidine rings is 1. The van der Waals surface area contributed by atoms with Gasteiger partial charge in [0.25, 0.3) is 0 Å². The van der Waals surface area contributed by atoms with Gasteiger partial charge in [0, 0.05) is 30.6 Å². The van der Waals surface area contributed by atoms with Gasteiger partial charge in [0.2, 0.25) is 0 Å². The Morgan fingerprint density at radius 3 is 1.62 bits per heavy atom. The minimum Gasteiger partial charge on any atom is -0.459 e. The number of carbonyl (C=O) groups excluding carboxylic acids is 3. The van der Waals surface area contributed by atoms with Gasteiger partial charge in [-0.05, 0) is 55.7 Å². The molecule has 40 heavy (non-hydrogen) atoms. The fourth-order valence-electron chi connectivity index (χ4n) is 4.96. The van der Waals surface area contributed by atoms with Crippen molar-refractivity contribution in [2.45, 2.75) is 64.9 Å². The first kappa shape index (κ1) is 33.2. The van der Waals surface area contributed by atoms with Crippen LogP contribution >= 0.6 is 63.7 Å². The van der Waals surface area contributed by atoms with Gasteiger partial charge in [-0.15, -0.1) is 0 Å². The van der Waals surface area contributed by atoms with E-state index in [1.54, 1.807) is 24.3 Å². The van der Waals surface area contributed by atoms with Crippen molar-refractivity contribution in [3.63, 3.8) is 0 Å². The van der Waals surface area contributed by atoms with E-state index in [0.717, 1.165) is 37.1 Å². The van der Waals surface area contributed by atoms with E-state index in [-0.39, 0.29) is 12.4 Å². The van der Waals surface area contributed by atoms with Gasteiger partial charge < -0.3 is 19.5 Å². The summed E-state index contributed by atoms with van der Waals surface area (Å²) in [4.78, 5) is 37.0. The number of rotatable bonds is 11. The average Bonchev–Trinajstić information content (AvgIpc) is 2.92. The second-order valence-electron chi connectivity index (χ2n) is 10.5. The Bertz CT molecular complexity index is 1100. The maximum atomic E-state index is 13.1. The normalized spacial score (nSPS) is 14.7. The predicted molar refractivity (Wildman–Crippen MR) is 168 cm³/mol. The molecule has 1 saturated heterocycles. The fraction of sp³-hybridized carbons (Fsp3) is 0.483. The summed E-state index contributed by atoms with van der Waals surface area (Å²) in [6.45, 7) is 8.19. The molecule has 2 N–H and O–H groups in total. The van der Waals surface area contributed by atoms with Crippen molar-refractivity contribution in [2.75, 3.05) is 13.1 Å². The molecule has 0 saturated carbocycles. The fourth-order valence-corrected chi connectivity index (χ4v) is 5.33. The predicted octanol–water partition coefficient (Wildman–Crippen LogP) is 6.11. The second-order valence-corrected chi connectivity index (χ2v) is 16.7. The lowest BCUT2D eigenvalue weighted by Crippen LogP contribution is -2.86. The van der Waals surface area contributed by atoms with Crippen LogP contribution in [0.15, 0.2) is 48.5 Å². The quantitative estimate of drug-likeness (QED) is 0.167. The van der Waals surface area contributed by atoms with E-state index in [1.165, 1.54) is 0 Å². The van der Waals surface area contributed by atoms with E-state index in [1.807, 2.05) is 38.1 Å². The molecular formula is C29H34Br4NO6+. The first-order valence-electron chi connectivity index (χ1n) is 13.1. The van der Waals surface area contributed by atoms with Crippen molar-refractivity contribution < 1.29 is 33.9 Å². The Labute approximate surface area is 269 Å². The van der Waals surface area contributed by atoms with Crippen molar-refractivity contribution in [3.05, 3.63) is 59.7 Å². The molecule has 2 aromatic rings. The van der Waals surface area contributed by atoms with Crippen LogP contribution < -0.4 is 14.8 Å². The first-order valence-corrected chi connectivity index (χ1v) is 16.7. The largest absolute Gasteiger partial charge is 0.459 e. The van der Waals surface area contributed by atoms with Crippen LogP contribution in [0, 0.1) is 5.92 Å². The van der Waals surface area contributed by atoms with Crippen LogP contribution in [0.25, 0.3) is 0 Å². The van der Waals surface area contributed by atoms with Crippen LogP contribution in [-0.4, -0.2) is 44.1 Å². The molecule has 2 aromatic carbocycles. The van der Waals surface area contributed by atoms with Crippen molar-refractivity contribution in [2.24, 2.45) is 5.92 Å². The third kappa shape index (κ3) is 9.11. The highest BCUT2D eigenvalue weighted by molar-refractivity contribution is 9.25. The lowest BCUT2D eigenvalue weighted by atomic mass is 9.73. The van der Waals surface area contributed by atoms with Crippen LogP contribution in [0.5, 0.6) is 11.5 Å². The molecule has 3 rings (SSSR count). The zero-order valence-corrected chi connectivity index (χ0v) is 29.0. The van der Waals surface area contributed by atoms with E-state index >= 15 is 0 Å². The summed E-state index contributed by atoms with van der Waals surface area (Å²) < 4.78 is 15.5. The molecule has 218 valence electrons. The van der Waals surface area contributed by atoms with Gasteiger partial charge in [-0.3, -0.25) is 4.79 Å². The van der Waals surface area contributed by atoms with E-state index in [2.05, 4.69) is 76.0 Å². The lowest BCUT2D eigenvalue weighted by Gasteiger charge is -2.36. The molecule has 11 heteroatoms. The highest BCUT2D eigenvalue weighted by Crippen LogP contribution is 2.39. The number of alkyl halides is 4. The third-order valence-electron chi connectivity index (χ3n) is 7.40. The van der Waals surface area contributed by atoms with Crippen LogP contribution in [0.1, 0.15) is 57.6 Å². The van der Waals surface area contributed by atoms with Crippen LogP contribution in [0.4, 0.5) is 0 Å². The lowest BCUT2D eigenvalue weighted by molar-refractivity contribution is -0.665. The molecule has 0 unspecified atom stereocenters. The summed E-state index contributed by atoms with van der Waals surface area (Å²) in [7, 11) is 0. The maximum absolute atomic E-state index is 13.1. The van der Waals surface area contributed by atoms with E-state index in [9.17, 15) is 14.4 Å². The highest BCUT2D eigenvalue weighted by atomic mass is 79.9. The van der Waals surface area contributed by atoms with Crippen LogP contribution in [0.3, 0.4) is 0 Å². The molecule has 0 spiro atoms. The highest BCUT2D eigenvalue weighted by Gasteiger charge is 2.36. The second kappa shape index (κ2) is 14.8. The first-order chi connectivity index (χ1) is 18.8. The number of halogens is 4. The molecule has 7 nitrogen and oxygen atoms in total. The molecule has 0 aromatic heterocycles. The number of nitrogens with two attached hydrogens (primary N) is 1. The van der Waals surface area contributed by atoms with Gasteiger partial charge in [0.1, 0.15) is 17.1 Å². The van der Waals surface area contributed by atoms with Gasteiger partial charge in [-0.1, -0.05) is 94.9 Å². The number of carbonyl (C=O) groups is 3. The van der Waals surface area contributed by atoms with Gasteiger partial charge in [-0.25, -0.2) is 9.59 Å². The Balaban J connectivity index is 1.82. The summed E-state index contributed by atoms with van der Waals surface area (Å²) in [5.41, 5.74) is 0.753. The Hall–Kier alpha value is -1.27. The monoisotopic (exact) mass is 808 g/mol. The summed E-state index contributed by atoms with van der Waals surface area (Å²) >= 11 is 12.6. The molecule has 0 radical (unpaired) electrons. The van der Waals surface area contributed by atoms with E-state index in [0.29, 0.717) is 23.8 Å². The minimum absolute atomic E-state index is 0.218. The van der Waals surface area contributed by atoms with Crippen molar-refractivity contribution in [1.82, 2.24) is 0 Å². The Kier molecular flexibility index (Phi) is 12.3. The number of hydrogen-bond acceptors (Lipinski definition) is 6. The Morgan fingerprint density at radius 2 is 1.23 bits per heavy atom. The molecule has 0 amide bonds. The number of benzene rings is 2. The standard InChI is InChI=1S/C29H33Br4NO6/c1-28(2,18-13-16-34-17-14-18)40-23(35)12-15-29(3,19-4-8-21(9-5-19)38-26(36)24(30)31)20-6-10-22(11-7-20)39-27(37)25(32)33/h4-11,18,24-25,34H,12-17H2,1-3H3/p+1. The summed E-state index contributed by atoms with van der Waals surface area (Å²) in [5, 5.41) is 2.30. The number of esters is 3. The summed E-state index contributed by atoms with van der Waals surface area (Å²) in [5.74, 6) is 0.00508. The van der Waals surface area contributed by atoms with Crippen molar-refractivity contribution in [3.8, 4) is 11.5 Å². The SMILES string of the molecule is CC(CCC(=O)OC(C)(C)C1CC[NH2+]CC1)(c1ccc(OC(=O)C(Br)Br)cc1)c1ccc(OC(=O)C(Br)Br)cc1. The number of hydrogen-bond donors (Lipinski definition) is 1. The zero-order valence-electron chi connectivity index (χ0n) is 22.6. The molecule has 1 aliphatic rings. The molecule has 0 atom stereocenters. The maximum Gasteiger partial charge on any atom is 0.336 e. The van der Waals surface area contributed by atoms with Crippen LogP contribution in [0.2, 0.25) is 0 Å². The van der Waals surface area contributed by atoms with E-state index < -0.39 is 30.4 Å². The molecule has 0 aliphatic carbocycles. The average molecular weight is 812 g/mol. The zero-order chi connectivity index (χ0) is 29.5. The van der Waals surface area contributed by atoms with E-state index in [4.69, 9.17) is 14.2 Å². The minimum atomic E-state index is -0.607. The third-order valence-corrected chi connectivity index (χ3v) is 8.90. The molecule has 1 aliphatic heterocycles. The van der Waals surface area contributed by atoms with Gasteiger partial charge in [0.05, 0.1) is 13.1 Å². The topological polar surface area (TPSA) is 95.5 Å². The molecular weight excluding hydrogens is 778 g/mol. The van der Waals surface area contributed by atoms with Gasteiger partial charge >= 0.3 is 17.9 Å². The molecule has 1 heterocycles. The van der Waals surface area contributed by atoms with Gasteiger partial charge in [-0.2, -0.15) is 0 Å². The van der Waals surface area contributed by atoms with Crippen LogP contribution in [-0.2, 0) is 24.5 Å². The van der Waals surface area contributed by atoms with Crippen molar-refractivity contribution in [1.29, 1.82) is 0 Å². The summed E-state index contributed by atoms with van der Waals surface area (Å²) in [6, 6.07) is 14.5. The number of ether oxygens (including phenoxy) is 3. The molecule has 1 fully saturated rings. The van der Waals surface area contributed by atoms with Gasteiger partial charge in [0.15, 0.2) is 7.47 Å². The smallest absolute Gasteiger partial charge is 0.336 e. The van der Waals surface area contributed by atoms with Crippen molar-refractivity contribution >= 4 is 81.6 Å². The summed E-state index contributed by atoms with van der Waals surface area (Å²) in [6.07, 6.45) is 2.76. The molecule has 0 bridgehead atoms.